The molecule has 0 amide bonds. The average Bonchev–Trinajstić information content (AvgIpc) is 2.75. The molecule has 1 fully saturated rings. The number of hydrogen-bond donors (Lipinski definition) is 2. The van der Waals surface area contributed by atoms with E-state index in [1.54, 1.807) is 6.07 Å². The van der Waals surface area contributed by atoms with Crippen LogP contribution in [0.2, 0.25) is 0 Å². The van der Waals surface area contributed by atoms with E-state index in [0.717, 1.165) is 12.1 Å². The van der Waals surface area contributed by atoms with Crippen LogP contribution in [0.1, 0.15) is 45.7 Å². The monoisotopic (exact) mass is 300 g/mol. The zero-order chi connectivity index (χ0) is 14.9. The zero-order valence-electron chi connectivity index (χ0n) is 12.5. The Bertz CT molecular complexity index is 542. The highest BCUT2D eigenvalue weighted by Crippen LogP contribution is 2.24. The summed E-state index contributed by atoms with van der Waals surface area (Å²) in [5.74, 6) is 1.43. The largest absolute Gasteiger partial charge is 0.302 e. The molecular weight excluding hydrogens is 276 g/mol. The molecule has 7 heteroatoms. The van der Waals surface area contributed by atoms with Crippen molar-refractivity contribution in [1.29, 1.82) is 0 Å². The highest BCUT2D eigenvalue weighted by molar-refractivity contribution is 7.90. The molecular formula is C13H24N4O2S. The minimum atomic E-state index is -3.51. The van der Waals surface area contributed by atoms with Gasteiger partial charge >= 0.3 is 10.2 Å². The highest BCUT2D eigenvalue weighted by Gasteiger charge is 2.30. The number of H-pyrrole nitrogens is 1. The van der Waals surface area contributed by atoms with Crippen molar-refractivity contribution < 1.29 is 8.42 Å². The summed E-state index contributed by atoms with van der Waals surface area (Å²) in [6.45, 7) is 9.37. The lowest BCUT2D eigenvalue weighted by molar-refractivity contribution is 0.223. The van der Waals surface area contributed by atoms with Gasteiger partial charge in [-0.25, -0.2) is 0 Å². The summed E-state index contributed by atoms with van der Waals surface area (Å²) in [6, 6.07) is 1.75. The van der Waals surface area contributed by atoms with Gasteiger partial charge in [0.25, 0.3) is 0 Å². The summed E-state index contributed by atoms with van der Waals surface area (Å²) in [4.78, 5) is 0. The Morgan fingerprint density at radius 2 is 1.95 bits per heavy atom. The van der Waals surface area contributed by atoms with Gasteiger partial charge in [0.1, 0.15) is 0 Å². The summed E-state index contributed by atoms with van der Waals surface area (Å²) in [6.07, 6.45) is 1.08. The molecule has 0 aliphatic carbocycles. The molecule has 6 nitrogen and oxygen atoms in total. The average molecular weight is 300 g/mol. The fourth-order valence-corrected chi connectivity index (χ4v) is 4.08. The topological polar surface area (TPSA) is 78.1 Å². The van der Waals surface area contributed by atoms with E-state index < -0.39 is 10.2 Å². The molecule has 0 radical (unpaired) electrons. The molecule has 0 bridgehead atoms. The van der Waals surface area contributed by atoms with Crippen LogP contribution in [-0.4, -0.2) is 36.0 Å². The fourth-order valence-electron chi connectivity index (χ4n) is 2.68. The third-order valence-corrected chi connectivity index (χ3v) is 5.07. The molecule has 0 spiro atoms. The molecule has 2 rings (SSSR count). The Kier molecular flexibility index (Phi) is 4.39. The van der Waals surface area contributed by atoms with Crippen molar-refractivity contribution >= 4 is 16.0 Å². The molecule has 1 aromatic heterocycles. The minimum absolute atomic E-state index is 0.288. The van der Waals surface area contributed by atoms with Crippen LogP contribution in [0.15, 0.2) is 6.07 Å². The molecule has 114 valence electrons. The number of nitrogens with one attached hydrogen (secondary N) is 2. The number of aromatic amines is 1. The molecule has 0 aromatic carbocycles. The highest BCUT2D eigenvalue weighted by atomic mass is 32.2. The molecule has 2 unspecified atom stereocenters. The van der Waals surface area contributed by atoms with Crippen molar-refractivity contribution in [2.75, 3.05) is 17.8 Å². The van der Waals surface area contributed by atoms with Crippen molar-refractivity contribution in [1.82, 2.24) is 14.5 Å². The maximum atomic E-state index is 12.4. The molecule has 2 N–H and O–H groups in total. The Morgan fingerprint density at radius 1 is 1.35 bits per heavy atom. The molecule has 1 aliphatic rings. The molecule has 20 heavy (non-hydrogen) atoms. The molecule has 1 aliphatic heterocycles. The number of anilines is 1. The van der Waals surface area contributed by atoms with Crippen molar-refractivity contribution in [3.8, 4) is 0 Å². The first kappa shape index (κ1) is 15.3. The van der Waals surface area contributed by atoms with Crippen LogP contribution in [0.4, 0.5) is 5.82 Å². The lowest BCUT2D eigenvalue weighted by Crippen LogP contribution is -2.45. The van der Waals surface area contributed by atoms with Gasteiger partial charge in [0.2, 0.25) is 0 Å². The van der Waals surface area contributed by atoms with E-state index >= 15 is 0 Å². The molecule has 0 saturated carbocycles. The molecule has 1 saturated heterocycles. The van der Waals surface area contributed by atoms with Crippen LogP contribution in [0.5, 0.6) is 0 Å². The van der Waals surface area contributed by atoms with Crippen molar-refractivity contribution in [3.05, 3.63) is 11.8 Å². The van der Waals surface area contributed by atoms with E-state index in [1.165, 1.54) is 4.31 Å². The Labute approximate surface area is 121 Å². The minimum Gasteiger partial charge on any atom is -0.280 e. The van der Waals surface area contributed by atoms with E-state index in [9.17, 15) is 8.42 Å². The van der Waals surface area contributed by atoms with Gasteiger partial charge in [0.15, 0.2) is 5.82 Å². The predicted octanol–water partition coefficient (Wildman–Crippen LogP) is 2.17. The van der Waals surface area contributed by atoms with Gasteiger partial charge in [-0.2, -0.15) is 17.8 Å². The summed E-state index contributed by atoms with van der Waals surface area (Å²) in [5.41, 5.74) is 0.920. The Morgan fingerprint density at radius 3 is 2.45 bits per heavy atom. The third-order valence-electron chi connectivity index (χ3n) is 3.63. The van der Waals surface area contributed by atoms with Crippen LogP contribution in [-0.2, 0) is 10.2 Å². The van der Waals surface area contributed by atoms with Crippen LogP contribution in [0.25, 0.3) is 0 Å². The maximum absolute atomic E-state index is 12.4. The van der Waals surface area contributed by atoms with Crippen LogP contribution >= 0.6 is 0 Å². The van der Waals surface area contributed by atoms with Crippen LogP contribution < -0.4 is 4.72 Å². The van der Waals surface area contributed by atoms with Gasteiger partial charge in [0, 0.05) is 24.8 Å². The summed E-state index contributed by atoms with van der Waals surface area (Å²) in [5, 5.41) is 6.87. The normalized spacial score (nSPS) is 25.1. The first-order valence-corrected chi connectivity index (χ1v) is 8.55. The number of hydrogen-bond acceptors (Lipinski definition) is 3. The number of aromatic nitrogens is 2. The fraction of sp³-hybridized carbons (Fsp3) is 0.769. The van der Waals surface area contributed by atoms with E-state index in [0.29, 0.717) is 30.7 Å². The first-order valence-electron chi connectivity index (χ1n) is 7.11. The SMILES string of the molecule is CC1CC(C)CN(S(=O)(=O)Nc2cc(C(C)C)[nH]n2)C1. The van der Waals surface area contributed by atoms with E-state index in [2.05, 4.69) is 28.8 Å². The quantitative estimate of drug-likeness (QED) is 0.894. The molecule has 2 atom stereocenters. The predicted molar refractivity (Wildman–Crippen MR) is 79.7 cm³/mol. The summed E-state index contributed by atoms with van der Waals surface area (Å²) < 4.78 is 28.9. The summed E-state index contributed by atoms with van der Waals surface area (Å²) >= 11 is 0. The second kappa shape index (κ2) is 5.73. The smallest absolute Gasteiger partial charge is 0.280 e. The lowest BCUT2D eigenvalue weighted by atomic mass is 9.94. The first-order chi connectivity index (χ1) is 9.28. The van der Waals surface area contributed by atoms with Crippen LogP contribution in [0.3, 0.4) is 0 Å². The molecule has 1 aromatic rings. The van der Waals surface area contributed by atoms with Gasteiger partial charge in [-0.05, 0) is 24.2 Å². The zero-order valence-corrected chi connectivity index (χ0v) is 13.4. The maximum Gasteiger partial charge on any atom is 0.302 e. The molecule has 2 heterocycles. The van der Waals surface area contributed by atoms with Crippen molar-refractivity contribution in [2.45, 2.75) is 40.0 Å². The van der Waals surface area contributed by atoms with E-state index in [1.807, 2.05) is 13.8 Å². The number of rotatable bonds is 4. The third kappa shape index (κ3) is 3.52. The van der Waals surface area contributed by atoms with E-state index in [4.69, 9.17) is 0 Å². The van der Waals surface area contributed by atoms with Crippen molar-refractivity contribution in [3.63, 3.8) is 0 Å². The van der Waals surface area contributed by atoms with Crippen LogP contribution in [0, 0.1) is 11.8 Å². The van der Waals surface area contributed by atoms with Gasteiger partial charge in [-0.15, -0.1) is 0 Å². The van der Waals surface area contributed by atoms with E-state index in [-0.39, 0.29) is 5.92 Å². The van der Waals surface area contributed by atoms with Crippen molar-refractivity contribution in [2.24, 2.45) is 11.8 Å². The van der Waals surface area contributed by atoms with Gasteiger partial charge < -0.3 is 0 Å². The Hall–Kier alpha value is -1.08. The standard InChI is InChI=1S/C13H24N4O2S/c1-9(2)12-6-13(15-14-12)16-20(18,19)17-7-10(3)5-11(4)8-17/h6,9-11H,5,7-8H2,1-4H3,(H2,14,15,16). The lowest BCUT2D eigenvalue weighted by Gasteiger charge is -2.33. The van der Waals surface area contributed by atoms with Gasteiger partial charge in [0.05, 0.1) is 0 Å². The number of piperidine rings is 1. The van der Waals surface area contributed by atoms with Gasteiger partial charge in [-0.1, -0.05) is 27.7 Å². The van der Waals surface area contributed by atoms with Gasteiger partial charge in [-0.3, -0.25) is 9.82 Å². The summed E-state index contributed by atoms with van der Waals surface area (Å²) in [7, 11) is -3.51. The second-order valence-electron chi connectivity index (χ2n) is 6.23. The number of nitrogens with zero attached hydrogens (tertiary/aromatic N) is 2. The Balaban J connectivity index is 2.10. The second-order valence-corrected chi connectivity index (χ2v) is 7.90.